The monoisotopic (exact) mass is 286 g/mol. The van der Waals surface area contributed by atoms with Crippen molar-refractivity contribution in [3.05, 3.63) is 24.2 Å². The predicted octanol–water partition coefficient (Wildman–Crippen LogP) is 3.55. The van der Waals surface area contributed by atoms with Gasteiger partial charge in [-0.1, -0.05) is 0 Å². The number of rotatable bonds is 5. The van der Waals surface area contributed by atoms with Crippen LogP contribution < -0.4 is 0 Å². The Morgan fingerprint density at radius 3 is 2.17 bits per heavy atom. The van der Waals surface area contributed by atoms with E-state index >= 15 is 0 Å². The molecule has 0 N–H and O–H groups in total. The predicted molar refractivity (Wildman–Crippen MR) is 75.3 cm³/mol. The zero-order valence-electron chi connectivity index (χ0n) is 11.9. The maximum atomic E-state index is 12.2. The van der Waals surface area contributed by atoms with Crippen molar-refractivity contribution in [2.24, 2.45) is 0 Å². The molecule has 0 bridgehead atoms. The molecule has 1 aromatic rings. The van der Waals surface area contributed by atoms with E-state index in [0.29, 0.717) is 5.76 Å². The van der Waals surface area contributed by atoms with Crippen LogP contribution in [0.25, 0.3) is 0 Å². The molecule has 0 fully saturated rings. The second-order valence-corrected chi connectivity index (χ2v) is 15.0. The highest BCUT2D eigenvalue weighted by Gasteiger charge is 2.34. The first-order valence-corrected chi connectivity index (χ1v) is 12.8. The van der Waals surface area contributed by atoms with Crippen LogP contribution in [0.3, 0.4) is 0 Å². The molecule has 1 aromatic heterocycles. The molecule has 0 aliphatic heterocycles. The molecule has 0 aromatic carbocycles. The molecule has 1 atom stereocenters. The van der Waals surface area contributed by atoms with E-state index in [2.05, 4.69) is 0 Å². The van der Waals surface area contributed by atoms with Crippen LogP contribution in [-0.2, 0) is 13.6 Å². The maximum absolute atomic E-state index is 12.2. The topological polar surface area (TPSA) is 48.7 Å². The lowest BCUT2D eigenvalue weighted by Crippen LogP contribution is -2.37. The molecule has 0 aliphatic rings. The van der Waals surface area contributed by atoms with E-state index in [4.69, 9.17) is 13.3 Å². The fraction of sp³-hybridized carbons (Fsp3) is 0.583. The molecule has 0 radical (unpaired) electrons. The minimum Gasteiger partial charge on any atom is -0.518 e. The van der Waals surface area contributed by atoms with Gasteiger partial charge in [0.2, 0.25) is 14.4 Å². The molecule has 0 spiro atoms. The van der Waals surface area contributed by atoms with Crippen LogP contribution in [-0.4, -0.2) is 22.6 Å². The van der Waals surface area contributed by atoms with Gasteiger partial charge in [-0.3, -0.25) is 4.79 Å². The maximum Gasteiger partial charge on any atom is 0.328 e. The summed E-state index contributed by atoms with van der Waals surface area (Å²) in [6.07, 6.45) is 0.802. The molecular weight excluding hydrogens is 264 g/mol. The van der Waals surface area contributed by atoms with Crippen LogP contribution in [0.4, 0.5) is 0 Å². The second-order valence-electron chi connectivity index (χ2n) is 6.16. The van der Waals surface area contributed by atoms with Crippen molar-refractivity contribution in [2.45, 2.75) is 45.4 Å². The number of carbonyl (C=O) groups is 1. The first-order chi connectivity index (χ1) is 8.08. The molecule has 1 unspecified atom stereocenters. The van der Waals surface area contributed by atoms with Crippen LogP contribution in [0.15, 0.2) is 22.8 Å². The summed E-state index contributed by atoms with van der Waals surface area (Å²) in [6, 6.07) is 3.49. The first-order valence-electron chi connectivity index (χ1n) is 6.02. The Morgan fingerprint density at radius 2 is 1.78 bits per heavy atom. The third-order valence-corrected chi connectivity index (χ3v) is 3.65. The van der Waals surface area contributed by atoms with E-state index in [1.54, 1.807) is 12.1 Å². The van der Waals surface area contributed by atoms with Gasteiger partial charge in [-0.25, -0.2) is 0 Å². The quantitative estimate of drug-likeness (QED) is 0.777. The lowest BCUT2D eigenvalue weighted by Gasteiger charge is -2.26. The molecule has 4 nitrogen and oxygen atoms in total. The summed E-state index contributed by atoms with van der Waals surface area (Å²) in [4.78, 5) is 12.2. The Morgan fingerprint density at radius 1 is 1.17 bits per heavy atom. The third kappa shape index (κ3) is 5.20. The Balaban J connectivity index is 2.88. The molecule has 18 heavy (non-hydrogen) atoms. The summed E-state index contributed by atoms with van der Waals surface area (Å²) in [7, 11) is -3.79. The van der Waals surface area contributed by atoms with Crippen LogP contribution in [0, 0.1) is 0 Å². The van der Waals surface area contributed by atoms with E-state index < -0.39 is 22.7 Å². The molecule has 1 rings (SSSR count). The summed E-state index contributed by atoms with van der Waals surface area (Å²) in [5.41, 5.74) is 0. The normalized spacial score (nSPS) is 14.3. The molecule has 0 saturated heterocycles. The highest BCUT2D eigenvalue weighted by atomic mass is 28.4. The molecule has 0 saturated carbocycles. The smallest absolute Gasteiger partial charge is 0.328 e. The van der Waals surface area contributed by atoms with Gasteiger partial charge in [0.1, 0.15) is 5.76 Å². The van der Waals surface area contributed by atoms with Crippen molar-refractivity contribution in [1.29, 1.82) is 0 Å². The molecule has 6 heteroatoms. The standard InChI is InChI=1S/C12H22O4Si2/c1-17(2,3)15-11(10-8-7-9-14-10)12(13)16-18(4,5)6/h7-9,11H,1-6H3. The summed E-state index contributed by atoms with van der Waals surface area (Å²) < 4.78 is 16.7. The van der Waals surface area contributed by atoms with Gasteiger partial charge in [0.05, 0.1) is 6.26 Å². The number of carbonyl (C=O) groups excluding carboxylic acids is 1. The summed E-state index contributed by atoms with van der Waals surface area (Å²) in [6.45, 7) is 12.0. The van der Waals surface area contributed by atoms with Gasteiger partial charge in [-0.05, 0) is 51.4 Å². The van der Waals surface area contributed by atoms with Gasteiger partial charge >= 0.3 is 5.97 Å². The van der Waals surface area contributed by atoms with Crippen LogP contribution in [0.1, 0.15) is 11.9 Å². The Hall–Kier alpha value is -0.856. The van der Waals surface area contributed by atoms with Gasteiger partial charge in [0, 0.05) is 0 Å². The highest BCUT2D eigenvalue weighted by molar-refractivity contribution is 6.71. The van der Waals surface area contributed by atoms with Gasteiger partial charge in [-0.15, -0.1) is 0 Å². The van der Waals surface area contributed by atoms with Crippen molar-refractivity contribution >= 4 is 22.6 Å². The van der Waals surface area contributed by atoms with Crippen molar-refractivity contribution in [1.82, 2.24) is 0 Å². The fourth-order valence-electron chi connectivity index (χ4n) is 1.37. The van der Waals surface area contributed by atoms with E-state index in [-0.39, 0.29) is 5.97 Å². The minimum atomic E-state index is -1.93. The molecule has 102 valence electrons. The SMILES string of the molecule is C[Si](C)(C)OC(=O)C(O[Si](C)(C)C)c1ccco1. The fourth-order valence-corrected chi connectivity index (χ4v) is 3.00. The van der Waals surface area contributed by atoms with E-state index in [0.717, 1.165) is 0 Å². The summed E-state index contributed by atoms with van der Waals surface area (Å²) >= 11 is 0. The third-order valence-electron chi connectivity index (χ3n) is 1.89. The van der Waals surface area contributed by atoms with Gasteiger partial charge in [0.25, 0.3) is 0 Å². The van der Waals surface area contributed by atoms with Gasteiger partial charge in [0.15, 0.2) is 8.32 Å². The van der Waals surface area contributed by atoms with E-state index in [9.17, 15) is 4.79 Å². The van der Waals surface area contributed by atoms with Crippen molar-refractivity contribution in [3.8, 4) is 0 Å². The molecule has 0 aliphatic carbocycles. The summed E-state index contributed by atoms with van der Waals surface area (Å²) in [5, 5.41) is 0. The van der Waals surface area contributed by atoms with Gasteiger partial charge in [-0.2, -0.15) is 0 Å². The average Bonchev–Trinajstić information content (AvgIpc) is 2.61. The Bertz CT molecular complexity index is 387. The summed E-state index contributed by atoms with van der Waals surface area (Å²) in [5.74, 6) is 0.173. The van der Waals surface area contributed by atoms with Crippen molar-refractivity contribution in [3.63, 3.8) is 0 Å². The number of hydrogen-bond acceptors (Lipinski definition) is 4. The number of furan rings is 1. The van der Waals surface area contributed by atoms with E-state index in [1.807, 2.05) is 39.3 Å². The van der Waals surface area contributed by atoms with Crippen molar-refractivity contribution in [2.75, 3.05) is 0 Å². The van der Waals surface area contributed by atoms with Crippen LogP contribution >= 0.6 is 0 Å². The minimum absolute atomic E-state index is 0.341. The number of hydrogen-bond donors (Lipinski definition) is 0. The van der Waals surface area contributed by atoms with Crippen LogP contribution in [0.5, 0.6) is 0 Å². The first kappa shape index (κ1) is 15.2. The van der Waals surface area contributed by atoms with Gasteiger partial charge < -0.3 is 13.3 Å². The zero-order valence-corrected chi connectivity index (χ0v) is 13.9. The average molecular weight is 286 g/mol. The lowest BCUT2D eigenvalue weighted by molar-refractivity contribution is -0.144. The Kier molecular flexibility index (Phi) is 4.57. The van der Waals surface area contributed by atoms with E-state index in [1.165, 1.54) is 6.26 Å². The molecule has 1 heterocycles. The second kappa shape index (κ2) is 5.42. The largest absolute Gasteiger partial charge is 0.518 e. The molecule has 0 amide bonds. The Labute approximate surface area is 111 Å². The molecular formula is C12H22O4Si2. The van der Waals surface area contributed by atoms with Crippen LogP contribution in [0.2, 0.25) is 39.3 Å². The zero-order chi connectivity index (χ0) is 14.0. The van der Waals surface area contributed by atoms with Crippen molar-refractivity contribution < 1.29 is 18.1 Å². The highest BCUT2D eigenvalue weighted by Crippen LogP contribution is 2.25. The lowest BCUT2D eigenvalue weighted by atomic mass is 10.3.